The quantitative estimate of drug-likeness (QED) is 0.726. The SMILES string of the molecule is CC1CN(S(=O)(=O)N2[C@@H]3CC[C@H]2CC(NC(=O)c2cc(C4CC4)on2)C3)CCN1. The highest BCUT2D eigenvalue weighted by molar-refractivity contribution is 7.86. The molecule has 4 heterocycles. The van der Waals surface area contributed by atoms with E-state index in [-0.39, 0.29) is 30.1 Å². The van der Waals surface area contributed by atoms with Crippen LogP contribution >= 0.6 is 0 Å². The van der Waals surface area contributed by atoms with Gasteiger partial charge in [-0.15, -0.1) is 0 Å². The summed E-state index contributed by atoms with van der Waals surface area (Å²) in [7, 11) is -3.47. The molecule has 1 aromatic rings. The van der Waals surface area contributed by atoms with Crippen LogP contribution in [0.5, 0.6) is 0 Å². The normalized spacial score (nSPS) is 33.7. The maximum atomic E-state index is 13.3. The molecular formula is C19H29N5O4S. The number of piperazine rings is 1. The van der Waals surface area contributed by atoms with E-state index in [1.165, 1.54) is 0 Å². The fourth-order valence-corrected chi connectivity index (χ4v) is 7.22. The molecule has 3 aliphatic heterocycles. The van der Waals surface area contributed by atoms with Crippen molar-refractivity contribution in [2.45, 2.75) is 75.5 Å². The van der Waals surface area contributed by atoms with Crippen molar-refractivity contribution in [2.24, 2.45) is 0 Å². The number of hydrogen-bond donors (Lipinski definition) is 2. The Balaban J connectivity index is 1.24. The molecule has 160 valence electrons. The van der Waals surface area contributed by atoms with Gasteiger partial charge in [-0.05, 0) is 45.4 Å². The maximum Gasteiger partial charge on any atom is 0.282 e. The summed E-state index contributed by atoms with van der Waals surface area (Å²) < 4.78 is 35.2. The van der Waals surface area contributed by atoms with Crippen molar-refractivity contribution in [3.8, 4) is 0 Å². The average molecular weight is 424 g/mol. The van der Waals surface area contributed by atoms with Crippen LogP contribution < -0.4 is 10.6 Å². The molecule has 1 amide bonds. The third kappa shape index (κ3) is 3.71. The Kier molecular flexibility index (Phi) is 4.92. The first-order chi connectivity index (χ1) is 13.9. The molecule has 0 spiro atoms. The maximum absolute atomic E-state index is 13.3. The number of fused-ring (bicyclic) bond motifs is 2. The van der Waals surface area contributed by atoms with E-state index < -0.39 is 10.2 Å². The van der Waals surface area contributed by atoms with Crippen molar-refractivity contribution in [3.05, 3.63) is 17.5 Å². The molecule has 2 N–H and O–H groups in total. The van der Waals surface area contributed by atoms with Crippen LogP contribution in [0.3, 0.4) is 0 Å². The van der Waals surface area contributed by atoms with Crippen molar-refractivity contribution < 1.29 is 17.7 Å². The van der Waals surface area contributed by atoms with Crippen LogP contribution in [0.4, 0.5) is 0 Å². The number of nitrogens with one attached hydrogen (secondary N) is 2. The third-order valence-corrected chi connectivity index (χ3v) is 8.78. The lowest BCUT2D eigenvalue weighted by Crippen LogP contribution is -2.60. The van der Waals surface area contributed by atoms with Crippen LogP contribution in [0, 0.1) is 0 Å². The van der Waals surface area contributed by atoms with Gasteiger partial charge in [0.15, 0.2) is 5.69 Å². The topological polar surface area (TPSA) is 108 Å². The van der Waals surface area contributed by atoms with Gasteiger partial charge in [-0.3, -0.25) is 4.79 Å². The lowest BCUT2D eigenvalue weighted by atomic mass is 9.99. The molecule has 9 nitrogen and oxygen atoms in total. The van der Waals surface area contributed by atoms with E-state index in [0.717, 1.165) is 31.4 Å². The third-order valence-electron chi connectivity index (χ3n) is 6.67. The van der Waals surface area contributed by atoms with E-state index in [9.17, 15) is 13.2 Å². The number of nitrogens with zero attached hydrogens (tertiary/aromatic N) is 3. The van der Waals surface area contributed by atoms with Gasteiger partial charge in [-0.25, -0.2) is 0 Å². The minimum atomic E-state index is -3.47. The van der Waals surface area contributed by atoms with Gasteiger partial charge in [-0.1, -0.05) is 5.16 Å². The molecule has 0 radical (unpaired) electrons. The van der Waals surface area contributed by atoms with Crippen molar-refractivity contribution in [1.82, 2.24) is 24.4 Å². The minimum Gasteiger partial charge on any atom is -0.360 e. The number of carbonyl (C=O) groups excluding carboxylic acids is 1. The Hall–Kier alpha value is -1.49. The fourth-order valence-electron chi connectivity index (χ4n) is 5.08. The Bertz CT molecular complexity index is 869. The van der Waals surface area contributed by atoms with Crippen LogP contribution in [0.2, 0.25) is 0 Å². The van der Waals surface area contributed by atoms with E-state index in [2.05, 4.69) is 15.8 Å². The van der Waals surface area contributed by atoms with Gasteiger partial charge in [0, 0.05) is 55.8 Å². The number of amides is 1. The lowest BCUT2D eigenvalue weighted by molar-refractivity contribution is 0.0897. The highest BCUT2D eigenvalue weighted by Crippen LogP contribution is 2.41. The first-order valence-corrected chi connectivity index (χ1v) is 12.1. The molecule has 2 bridgehead atoms. The van der Waals surface area contributed by atoms with E-state index in [1.807, 2.05) is 6.92 Å². The summed E-state index contributed by atoms with van der Waals surface area (Å²) in [6, 6.07) is 1.78. The zero-order valence-corrected chi connectivity index (χ0v) is 17.5. The first kappa shape index (κ1) is 19.5. The van der Waals surface area contributed by atoms with Gasteiger partial charge >= 0.3 is 0 Å². The summed E-state index contributed by atoms with van der Waals surface area (Å²) >= 11 is 0. The van der Waals surface area contributed by atoms with Crippen molar-refractivity contribution in [1.29, 1.82) is 0 Å². The molecule has 4 aliphatic rings. The van der Waals surface area contributed by atoms with Crippen LogP contribution in [-0.4, -0.2) is 71.9 Å². The van der Waals surface area contributed by atoms with E-state index in [4.69, 9.17) is 4.52 Å². The zero-order chi connectivity index (χ0) is 20.2. The smallest absolute Gasteiger partial charge is 0.282 e. The van der Waals surface area contributed by atoms with Gasteiger partial charge in [0.25, 0.3) is 16.1 Å². The fraction of sp³-hybridized carbons (Fsp3) is 0.789. The van der Waals surface area contributed by atoms with Crippen molar-refractivity contribution in [2.75, 3.05) is 19.6 Å². The largest absolute Gasteiger partial charge is 0.360 e. The Morgan fingerprint density at radius 1 is 1.24 bits per heavy atom. The molecule has 10 heteroatoms. The van der Waals surface area contributed by atoms with Crippen LogP contribution in [0.15, 0.2) is 10.6 Å². The monoisotopic (exact) mass is 423 g/mol. The molecule has 2 unspecified atom stereocenters. The second-order valence-electron chi connectivity index (χ2n) is 8.97. The van der Waals surface area contributed by atoms with E-state index >= 15 is 0 Å². The Labute approximate surface area is 171 Å². The number of rotatable bonds is 5. The average Bonchev–Trinajstić information content (AvgIpc) is 3.34. The van der Waals surface area contributed by atoms with Gasteiger partial charge in [0.05, 0.1) is 0 Å². The molecule has 3 saturated heterocycles. The molecule has 4 fully saturated rings. The highest BCUT2D eigenvalue weighted by Gasteiger charge is 2.49. The van der Waals surface area contributed by atoms with Crippen molar-refractivity contribution in [3.63, 3.8) is 0 Å². The molecule has 4 atom stereocenters. The van der Waals surface area contributed by atoms with Gasteiger partial charge < -0.3 is 15.2 Å². The molecule has 1 aromatic heterocycles. The summed E-state index contributed by atoms with van der Waals surface area (Å²) in [6.07, 6.45) is 5.20. The molecule has 1 saturated carbocycles. The number of hydrogen-bond acceptors (Lipinski definition) is 6. The standard InChI is InChI=1S/C19H29N5O4S/c1-12-11-23(7-6-20-12)29(26,27)24-15-4-5-16(24)9-14(8-15)21-19(25)17-10-18(28-22-17)13-2-3-13/h10,12-16,20H,2-9,11H2,1H3,(H,21,25)/t12?,14?,15-,16+. The minimum absolute atomic E-state index is 0.0329. The van der Waals surface area contributed by atoms with E-state index in [1.54, 1.807) is 14.7 Å². The molecule has 1 aliphatic carbocycles. The first-order valence-electron chi connectivity index (χ1n) is 10.7. The van der Waals surface area contributed by atoms with Gasteiger partial charge in [0.1, 0.15) is 5.76 Å². The van der Waals surface area contributed by atoms with Gasteiger partial charge in [0.2, 0.25) is 0 Å². The van der Waals surface area contributed by atoms with Gasteiger partial charge in [-0.2, -0.15) is 17.0 Å². The predicted molar refractivity (Wildman–Crippen MR) is 106 cm³/mol. The Morgan fingerprint density at radius 2 is 1.97 bits per heavy atom. The van der Waals surface area contributed by atoms with Crippen LogP contribution in [-0.2, 0) is 10.2 Å². The second kappa shape index (κ2) is 7.33. The molecule has 0 aromatic carbocycles. The van der Waals surface area contributed by atoms with Crippen LogP contribution in [0.25, 0.3) is 0 Å². The predicted octanol–water partition coefficient (Wildman–Crippen LogP) is 0.816. The lowest BCUT2D eigenvalue weighted by Gasteiger charge is -2.42. The summed E-state index contributed by atoms with van der Waals surface area (Å²) in [4.78, 5) is 12.6. The number of carbonyl (C=O) groups is 1. The summed E-state index contributed by atoms with van der Waals surface area (Å²) in [5.41, 5.74) is 0.323. The summed E-state index contributed by atoms with van der Waals surface area (Å²) in [5.74, 6) is 0.986. The number of piperidine rings is 1. The number of aromatic nitrogens is 1. The summed E-state index contributed by atoms with van der Waals surface area (Å²) in [6.45, 7) is 3.71. The second-order valence-corrected chi connectivity index (χ2v) is 10.8. The molecule has 5 rings (SSSR count). The molecule has 29 heavy (non-hydrogen) atoms. The van der Waals surface area contributed by atoms with E-state index in [0.29, 0.717) is 44.1 Å². The van der Waals surface area contributed by atoms with Crippen LogP contribution in [0.1, 0.15) is 67.6 Å². The summed E-state index contributed by atoms with van der Waals surface area (Å²) in [5, 5.41) is 10.3. The zero-order valence-electron chi connectivity index (χ0n) is 16.7. The van der Waals surface area contributed by atoms with Crippen molar-refractivity contribution >= 4 is 16.1 Å². The molecular weight excluding hydrogens is 394 g/mol. The Morgan fingerprint density at radius 3 is 2.62 bits per heavy atom. The highest BCUT2D eigenvalue weighted by atomic mass is 32.2.